The monoisotopic (exact) mass is 266 g/mol. The number of fused-ring (bicyclic) bond motifs is 1. The Morgan fingerprint density at radius 2 is 2.22 bits per heavy atom. The van der Waals surface area contributed by atoms with Gasteiger partial charge in [-0.15, -0.1) is 0 Å². The summed E-state index contributed by atoms with van der Waals surface area (Å²) in [6.45, 7) is 6.79. The van der Waals surface area contributed by atoms with Crippen LogP contribution in [0.1, 0.15) is 33.6 Å². The van der Waals surface area contributed by atoms with Gasteiger partial charge in [-0.2, -0.15) is 0 Å². The molecule has 0 aliphatic heterocycles. The van der Waals surface area contributed by atoms with Crippen LogP contribution in [0.2, 0.25) is 0 Å². The standard InChI is InChI=1S/C15H23O2P/c1-4-13-11(3)5-6-12-7-10(2)8-14(15(12)13)17-9-18-16/h5-7,10-11,13-15H,4,8-9H2,1-3H3/t10-,11?,13?,14-,15?/m0/s1. The second-order valence-electron chi connectivity index (χ2n) is 5.66. The van der Waals surface area contributed by atoms with Gasteiger partial charge in [0.05, 0.1) is 6.10 Å². The molecule has 0 saturated heterocycles. The molecule has 2 nitrogen and oxygen atoms in total. The van der Waals surface area contributed by atoms with E-state index in [0.29, 0.717) is 30.0 Å². The Balaban J connectivity index is 2.25. The Bertz CT molecular complexity index is 362. The smallest absolute Gasteiger partial charge is 0.183 e. The van der Waals surface area contributed by atoms with Crippen molar-refractivity contribution < 1.29 is 9.30 Å². The molecule has 2 aliphatic carbocycles. The first kappa shape index (κ1) is 14.0. The summed E-state index contributed by atoms with van der Waals surface area (Å²) in [5.41, 5.74) is 1.44. The molecule has 5 atom stereocenters. The molecule has 0 radical (unpaired) electrons. The van der Waals surface area contributed by atoms with Crippen molar-refractivity contribution in [3.8, 4) is 0 Å². The summed E-state index contributed by atoms with van der Waals surface area (Å²) in [4.78, 5) is 0. The minimum Gasteiger partial charge on any atom is -0.365 e. The van der Waals surface area contributed by atoms with Crippen molar-refractivity contribution in [1.29, 1.82) is 0 Å². The highest BCUT2D eigenvalue weighted by Crippen LogP contribution is 2.44. The molecule has 0 bridgehead atoms. The summed E-state index contributed by atoms with van der Waals surface area (Å²) >= 11 is 0. The van der Waals surface area contributed by atoms with Crippen molar-refractivity contribution in [3.63, 3.8) is 0 Å². The molecule has 3 heteroatoms. The van der Waals surface area contributed by atoms with E-state index in [1.165, 1.54) is 12.0 Å². The van der Waals surface area contributed by atoms with Gasteiger partial charge in [0, 0.05) is 5.92 Å². The van der Waals surface area contributed by atoms with Gasteiger partial charge in [0.25, 0.3) is 0 Å². The summed E-state index contributed by atoms with van der Waals surface area (Å²) < 4.78 is 16.5. The molecule has 0 saturated carbocycles. The zero-order valence-corrected chi connectivity index (χ0v) is 12.4. The van der Waals surface area contributed by atoms with E-state index in [2.05, 4.69) is 39.0 Å². The molecule has 0 amide bonds. The van der Waals surface area contributed by atoms with Crippen LogP contribution in [0, 0.1) is 23.7 Å². The molecule has 0 heterocycles. The van der Waals surface area contributed by atoms with E-state index in [4.69, 9.17) is 4.74 Å². The average molecular weight is 266 g/mol. The maximum atomic E-state index is 10.6. The van der Waals surface area contributed by atoms with E-state index < -0.39 is 0 Å². The van der Waals surface area contributed by atoms with Gasteiger partial charge >= 0.3 is 0 Å². The van der Waals surface area contributed by atoms with Crippen LogP contribution in [-0.2, 0) is 9.30 Å². The van der Waals surface area contributed by atoms with Crippen molar-refractivity contribution in [3.05, 3.63) is 23.8 Å². The van der Waals surface area contributed by atoms with Gasteiger partial charge < -0.3 is 4.74 Å². The van der Waals surface area contributed by atoms with Crippen molar-refractivity contribution >= 4 is 8.46 Å². The summed E-state index contributed by atoms with van der Waals surface area (Å²) in [6.07, 6.45) is 9.80. The molecular formula is C15H23O2P. The average Bonchev–Trinajstić information content (AvgIpc) is 2.36. The van der Waals surface area contributed by atoms with Crippen LogP contribution in [0.15, 0.2) is 23.8 Å². The highest BCUT2D eigenvalue weighted by molar-refractivity contribution is 7.23. The highest BCUT2D eigenvalue weighted by atomic mass is 31.1. The van der Waals surface area contributed by atoms with E-state index in [9.17, 15) is 4.57 Å². The second-order valence-corrected chi connectivity index (χ2v) is 6.18. The van der Waals surface area contributed by atoms with E-state index in [1.54, 1.807) is 0 Å². The number of allylic oxidation sites excluding steroid dienone is 3. The minimum atomic E-state index is 0.0945. The summed E-state index contributed by atoms with van der Waals surface area (Å²) in [5, 5.41) is 0. The third kappa shape index (κ3) is 2.75. The highest BCUT2D eigenvalue weighted by Gasteiger charge is 2.39. The Morgan fingerprint density at radius 3 is 2.89 bits per heavy atom. The first-order valence-corrected chi connectivity index (χ1v) is 7.97. The lowest BCUT2D eigenvalue weighted by Crippen LogP contribution is -2.39. The van der Waals surface area contributed by atoms with E-state index in [-0.39, 0.29) is 14.6 Å². The molecule has 3 unspecified atom stereocenters. The van der Waals surface area contributed by atoms with Crippen LogP contribution >= 0.6 is 8.46 Å². The molecule has 100 valence electrons. The lowest BCUT2D eigenvalue weighted by Gasteiger charge is -2.42. The Hall–Kier alpha value is -0.460. The Morgan fingerprint density at radius 1 is 1.44 bits per heavy atom. The molecule has 0 fully saturated rings. The summed E-state index contributed by atoms with van der Waals surface area (Å²) in [7, 11) is 0.0945. The van der Waals surface area contributed by atoms with Crippen molar-refractivity contribution in [2.75, 3.05) is 6.35 Å². The Kier molecular flexibility index (Phi) is 4.75. The predicted molar refractivity (Wildman–Crippen MR) is 74.8 cm³/mol. The van der Waals surface area contributed by atoms with Gasteiger partial charge in [0.2, 0.25) is 0 Å². The lowest BCUT2D eigenvalue weighted by atomic mass is 9.66. The van der Waals surface area contributed by atoms with E-state index in [0.717, 1.165) is 6.42 Å². The SMILES string of the molecule is CCC1C(C)C=CC2=C[C@H](C)C[C@H](OCP=O)C21. The molecule has 0 N–H and O–H groups in total. The fraction of sp³-hybridized carbons (Fsp3) is 0.733. The zero-order valence-electron chi connectivity index (χ0n) is 11.5. The zero-order chi connectivity index (χ0) is 13.1. The number of rotatable bonds is 4. The number of hydrogen-bond donors (Lipinski definition) is 0. The normalized spacial score (nSPS) is 39.5. The summed E-state index contributed by atoms with van der Waals surface area (Å²) in [6, 6.07) is 0. The maximum absolute atomic E-state index is 10.6. The predicted octanol–water partition coefficient (Wildman–Crippen LogP) is 4.44. The fourth-order valence-electron chi connectivity index (χ4n) is 3.58. The Labute approximate surface area is 112 Å². The van der Waals surface area contributed by atoms with Crippen molar-refractivity contribution in [1.82, 2.24) is 0 Å². The van der Waals surface area contributed by atoms with Crippen molar-refractivity contribution in [2.24, 2.45) is 23.7 Å². The molecule has 0 aromatic rings. The molecule has 0 spiro atoms. The van der Waals surface area contributed by atoms with Crippen LogP contribution in [0.4, 0.5) is 0 Å². The largest absolute Gasteiger partial charge is 0.365 e. The summed E-state index contributed by atoms with van der Waals surface area (Å²) in [5.74, 6) is 2.32. The molecule has 0 aromatic carbocycles. The maximum Gasteiger partial charge on any atom is 0.183 e. The number of ether oxygens (including phenoxy) is 1. The second kappa shape index (κ2) is 6.12. The van der Waals surface area contributed by atoms with E-state index >= 15 is 0 Å². The quantitative estimate of drug-likeness (QED) is 0.703. The molecule has 2 rings (SSSR count). The fourth-order valence-corrected chi connectivity index (χ4v) is 3.83. The molecule has 2 aliphatic rings. The van der Waals surface area contributed by atoms with Crippen LogP contribution in [0.3, 0.4) is 0 Å². The van der Waals surface area contributed by atoms with Gasteiger partial charge in [-0.3, -0.25) is 4.57 Å². The molecular weight excluding hydrogens is 243 g/mol. The van der Waals surface area contributed by atoms with Gasteiger partial charge in [-0.1, -0.05) is 45.4 Å². The topological polar surface area (TPSA) is 26.3 Å². The lowest BCUT2D eigenvalue weighted by molar-refractivity contribution is 0.00482. The number of hydrogen-bond acceptors (Lipinski definition) is 2. The van der Waals surface area contributed by atoms with Gasteiger partial charge in [0.15, 0.2) is 8.46 Å². The molecule has 18 heavy (non-hydrogen) atoms. The van der Waals surface area contributed by atoms with Gasteiger partial charge in [-0.25, -0.2) is 0 Å². The van der Waals surface area contributed by atoms with Crippen LogP contribution in [-0.4, -0.2) is 12.5 Å². The van der Waals surface area contributed by atoms with Crippen molar-refractivity contribution in [2.45, 2.75) is 39.7 Å². The first-order chi connectivity index (χ1) is 8.67. The minimum absolute atomic E-state index is 0.0945. The third-order valence-electron chi connectivity index (χ3n) is 4.41. The van der Waals surface area contributed by atoms with Crippen LogP contribution < -0.4 is 0 Å². The third-order valence-corrected chi connectivity index (χ3v) is 4.66. The van der Waals surface area contributed by atoms with Crippen LogP contribution in [0.25, 0.3) is 0 Å². The first-order valence-electron chi connectivity index (χ1n) is 6.98. The molecule has 0 aromatic heterocycles. The van der Waals surface area contributed by atoms with Crippen LogP contribution in [0.5, 0.6) is 0 Å². The van der Waals surface area contributed by atoms with E-state index in [1.807, 2.05) is 0 Å². The van der Waals surface area contributed by atoms with Gasteiger partial charge in [0.1, 0.15) is 6.35 Å². The van der Waals surface area contributed by atoms with Gasteiger partial charge in [-0.05, 0) is 29.7 Å².